The first kappa shape index (κ1) is 11.4. The lowest BCUT2D eigenvalue weighted by Gasteiger charge is -2.27. The Labute approximate surface area is 85.5 Å². The van der Waals surface area contributed by atoms with Gasteiger partial charge in [-0.1, -0.05) is 0 Å². The van der Waals surface area contributed by atoms with E-state index in [0.29, 0.717) is 12.8 Å². The molecule has 0 unspecified atom stereocenters. The molecule has 0 aromatic rings. The van der Waals surface area contributed by atoms with Crippen molar-refractivity contribution in [1.29, 1.82) is 0 Å². The van der Waals surface area contributed by atoms with Gasteiger partial charge in [0.15, 0.2) is 0 Å². The number of carbonyl (C=O) groups is 2. The number of hydrogen-bond acceptors (Lipinski definition) is 3. The molecule has 1 heterocycles. The van der Waals surface area contributed by atoms with Crippen LogP contribution in [0.1, 0.15) is 32.6 Å². The molecule has 0 aliphatic carbocycles. The van der Waals surface area contributed by atoms with Gasteiger partial charge in [0.25, 0.3) is 0 Å². The van der Waals surface area contributed by atoms with Crippen molar-refractivity contribution in [1.82, 2.24) is 4.90 Å². The molecule has 80 valence electrons. The molecule has 1 rings (SSSR count). The standard InChI is InChI=1S/C11H19NO2/c1-9(13)3-4-11(14)10-5-7-12(2)8-6-10/h10H,3-8H2,1-2H3. The molecular formula is C11H19NO2. The third-order valence-electron chi connectivity index (χ3n) is 2.90. The van der Waals surface area contributed by atoms with Gasteiger partial charge in [-0.2, -0.15) is 0 Å². The van der Waals surface area contributed by atoms with E-state index < -0.39 is 0 Å². The van der Waals surface area contributed by atoms with Gasteiger partial charge in [0.1, 0.15) is 11.6 Å². The lowest BCUT2D eigenvalue weighted by atomic mass is 9.90. The molecule has 0 aromatic carbocycles. The Kier molecular flexibility index (Phi) is 4.26. The molecule has 0 spiro atoms. The summed E-state index contributed by atoms with van der Waals surface area (Å²) in [5.74, 6) is 0.616. The molecule has 1 aliphatic heterocycles. The summed E-state index contributed by atoms with van der Waals surface area (Å²) >= 11 is 0. The largest absolute Gasteiger partial charge is 0.306 e. The molecule has 3 heteroatoms. The van der Waals surface area contributed by atoms with Crippen LogP contribution in [0.5, 0.6) is 0 Å². The summed E-state index contributed by atoms with van der Waals surface area (Å²) in [4.78, 5) is 24.6. The van der Waals surface area contributed by atoms with Gasteiger partial charge in [-0.25, -0.2) is 0 Å². The molecule has 1 aliphatic rings. The highest BCUT2D eigenvalue weighted by Crippen LogP contribution is 2.18. The Morgan fingerprint density at radius 2 is 1.79 bits per heavy atom. The van der Waals surface area contributed by atoms with Gasteiger partial charge in [-0.3, -0.25) is 4.79 Å². The molecule has 14 heavy (non-hydrogen) atoms. The highest BCUT2D eigenvalue weighted by atomic mass is 16.1. The summed E-state index contributed by atoms with van der Waals surface area (Å²) in [7, 11) is 2.08. The Morgan fingerprint density at radius 3 is 2.29 bits per heavy atom. The zero-order chi connectivity index (χ0) is 10.6. The minimum Gasteiger partial charge on any atom is -0.306 e. The third kappa shape index (κ3) is 3.58. The van der Waals surface area contributed by atoms with Crippen LogP contribution in [-0.2, 0) is 9.59 Å². The fourth-order valence-corrected chi connectivity index (χ4v) is 1.83. The van der Waals surface area contributed by atoms with E-state index >= 15 is 0 Å². The molecule has 0 radical (unpaired) electrons. The van der Waals surface area contributed by atoms with E-state index in [-0.39, 0.29) is 17.5 Å². The van der Waals surface area contributed by atoms with Crippen molar-refractivity contribution in [3.05, 3.63) is 0 Å². The first-order valence-corrected chi connectivity index (χ1v) is 5.30. The Bertz CT molecular complexity index is 217. The van der Waals surface area contributed by atoms with Crippen molar-refractivity contribution in [3.8, 4) is 0 Å². The summed E-state index contributed by atoms with van der Waals surface area (Å²) in [6, 6.07) is 0. The van der Waals surface area contributed by atoms with E-state index in [9.17, 15) is 9.59 Å². The van der Waals surface area contributed by atoms with Gasteiger partial charge in [-0.05, 0) is 39.9 Å². The number of carbonyl (C=O) groups excluding carboxylic acids is 2. The van der Waals surface area contributed by atoms with Gasteiger partial charge in [0.2, 0.25) is 0 Å². The van der Waals surface area contributed by atoms with E-state index in [0.717, 1.165) is 25.9 Å². The van der Waals surface area contributed by atoms with E-state index in [1.807, 2.05) is 0 Å². The summed E-state index contributed by atoms with van der Waals surface area (Å²) in [5, 5.41) is 0. The molecular weight excluding hydrogens is 178 g/mol. The van der Waals surface area contributed by atoms with Gasteiger partial charge < -0.3 is 9.69 Å². The number of hydrogen-bond donors (Lipinski definition) is 0. The zero-order valence-electron chi connectivity index (χ0n) is 9.08. The first-order chi connectivity index (χ1) is 6.59. The molecule has 0 atom stereocenters. The second-order valence-corrected chi connectivity index (χ2v) is 4.25. The van der Waals surface area contributed by atoms with Crippen LogP contribution in [0.25, 0.3) is 0 Å². The molecule has 0 N–H and O–H groups in total. The van der Waals surface area contributed by atoms with Crippen molar-refractivity contribution in [2.45, 2.75) is 32.6 Å². The van der Waals surface area contributed by atoms with Gasteiger partial charge in [0.05, 0.1) is 0 Å². The van der Waals surface area contributed by atoms with Crippen LogP contribution < -0.4 is 0 Å². The van der Waals surface area contributed by atoms with Gasteiger partial charge in [-0.15, -0.1) is 0 Å². The average Bonchev–Trinajstić information content (AvgIpc) is 2.15. The maximum atomic E-state index is 11.6. The zero-order valence-corrected chi connectivity index (χ0v) is 9.08. The summed E-state index contributed by atoms with van der Waals surface area (Å²) in [5.41, 5.74) is 0. The van der Waals surface area contributed by atoms with E-state index in [2.05, 4.69) is 11.9 Å². The monoisotopic (exact) mass is 197 g/mol. The van der Waals surface area contributed by atoms with Crippen LogP contribution in [0.2, 0.25) is 0 Å². The number of piperidine rings is 1. The SMILES string of the molecule is CC(=O)CCC(=O)C1CCN(C)CC1. The molecule has 0 bridgehead atoms. The smallest absolute Gasteiger partial charge is 0.136 e. The quantitative estimate of drug-likeness (QED) is 0.681. The summed E-state index contributed by atoms with van der Waals surface area (Å²) in [6.07, 6.45) is 2.80. The second kappa shape index (κ2) is 5.25. The van der Waals surface area contributed by atoms with E-state index in [1.54, 1.807) is 6.92 Å². The van der Waals surface area contributed by atoms with Gasteiger partial charge in [0, 0.05) is 18.8 Å². The first-order valence-electron chi connectivity index (χ1n) is 5.30. The van der Waals surface area contributed by atoms with Crippen molar-refractivity contribution < 1.29 is 9.59 Å². The molecule has 0 aromatic heterocycles. The van der Waals surface area contributed by atoms with Crippen molar-refractivity contribution in [3.63, 3.8) is 0 Å². The predicted octanol–water partition coefficient (Wildman–Crippen LogP) is 1.27. The second-order valence-electron chi connectivity index (χ2n) is 4.25. The maximum Gasteiger partial charge on any atom is 0.136 e. The van der Waals surface area contributed by atoms with Crippen LogP contribution in [0.4, 0.5) is 0 Å². The van der Waals surface area contributed by atoms with Crippen molar-refractivity contribution >= 4 is 11.6 Å². The predicted molar refractivity (Wildman–Crippen MR) is 55.1 cm³/mol. The van der Waals surface area contributed by atoms with Crippen LogP contribution in [0.3, 0.4) is 0 Å². The minimum absolute atomic E-state index is 0.117. The van der Waals surface area contributed by atoms with Gasteiger partial charge >= 0.3 is 0 Å². The normalized spacial score (nSPS) is 19.6. The topological polar surface area (TPSA) is 37.4 Å². The fourth-order valence-electron chi connectivity index (χ4n) is 1.83. The lowest BCUT2D eigenvalue weighted by Crippen LogP contribution is -2.33. The highest BCUT2D eigenvalue weighted by molar-refractivity contribution is 5.86. The van der Waals surface area contributed by atoms with Crippen LogP contribution in [-0.4, -0.2) is 36.6 Å². The number of nitrogens with zero attached hydrogens (tertiary/aromatic N) is 1. The average molecular weight is 197 g/mol. The van der Waals surface area contributed by atoms with Crippen molar-refractivity contribution in [2.75, 3.05) is 20.1 Å². The van der Waals surface area contributed by atoms with E-state index in [1.165, 1.54) is 0 Å². The molecule has 3 nitrogen and oxygen atoms in total. The van der Waals surface area contributed by atoms with Crippen LogP contribution in [0, 0.1) is 5.92 Å². The third-order valence-corrected chi connectivity index (χ3v) is 2.90. The van der Waals surface area contributed by atoms with Crippen LogP contribution in [0.15, 0.2) is 0 Å². The summed E-state index contributed by atoms with van der Waals surface area (Å²) in [6.45, 7) is 3.56. The van der Waals surface area contributed by atoms with Crippen molar-refractivity contribution in [2.24, 2.45) is 5.92 Å². The minimum atomic E-state index is 0.117. The summed E-state index contributed by atoms with van der Waals surface area (Å²) < 4.78 is 0. The number of rotatable bonds is 4. The number of Topliss-reactive ketones (excluding diaryl/α,β-unsaturated/α-hetero) is 2. The van der Waals surface area contributed by atoms with Crippen LogP contribution >= 0.6 is 0 Å². The molecule has 1 fully saturated rings. The van der Waals surface area contributed by atoms with E-state index in [4.69, 9.17) is 0 Å². The Hall–Kier alpha value is -0.700. The molecule has 0 amide bonds. The highest BCUT2D eigenvalue weighted by Gasteiger charge is 2.22. The number of ketones is 2. The molecule has 0 saturated carbocycles. The maximum absolute atomic E-state index is 11.6. The fraction of sp³-hybridized carbons (Fsp3) is 0.818. The number of likely N-dealkylation sites (tertiary alicyclic amines) is 1. The lowest BCUT2D eigenvalue weighted by molar-refractivity contribution is -0.126. The Morgan fingerprint density at radius 1 is 1.21 bits per heavy atom. The molecule has 1 saturated heterocycles. The Balaban J connectivity index is 2.27.